The lowest BCUT2D eigenvalue weighted by Gasteiger charge is -2.27. The number of nitrogen functional groups attached to an aromatic ring is 1. The molecule has 3 rings (SSSR count). The molecule has 0 aromatic carbocycles. The molecule has 23 heavy (non-hydrogen) atoms. The summed E-state index contributed by atoms with van der Waals surface area (Å²) < 4.78 is 33.6. The molecule has 1 unspecified atom stereocenters. The molecule has 0 amide bonds. The number of rotatable bonds is 3. The van der Waals surface area contributed by atoms with Crippen LogP contribution in [-0.4, -0.2) is 50.1 Å². The summed E-state index contributed by atoms with van der Waals surface area (Å²) in [4.78, 5) is 3.78. The summed E-state index contributed by atoms with van der Waals surface area (Å²) in [7, 11) is 0. The fourth-order valence-electron chi connectivity index (χ4n) is 2.95. The smallest absolute Gasteiger partial charge is 0.248 e. The van der Waals surface area contributed by atoms with Gasteiger partial charge in [-0.3, -0.25) is 0 Å². The van der Waals surface area contributed by atoms with Crippen molar-refractivity contribution >= 4 is 11.3 Å². The lowest BCUT2D eigenvalue weighted by atomic mass is 9.83. The lowest BCUT2D eigenvalue weighted by molar-refractivity contribution is -0.0690. The van der Waals surface area contributed by atoms with Crippen LogP contribution in [0.3, 0.4) is 0 Å². The van der Waals surface area contributed by atoms with Crippen molar-refractivity contribution in [2.75, 3.05) is 12.3 Å². The third-order valence-corrected chi connectivity index (χ3v) is 4.04. The number of aliphatic hydroxyl groups excluding tert-OH is 2. The van der Waals surface area contributed by atoms with Gasteiger partial charge in [-0.15, -0.1) is 0 Å². The first kappa shape index (κ1) is 15.5. The van der Waals surface area contributed by atoms with Crippen LogP contribution in [0.5, 0.6) is 0 Å². The van der Waals surface area contributed by atoms with Gasteiger partial charge in [-0.1, -0.05) is 0 Å². The number of aromatic nitrogens is 3. The van der Waals surface area contributed by atoms with Crippen LogP contribution in [0.25, 0.3) is 5.52 Å². The van der Waals surface area contributed by atoms with E-state index in [1.54, 1.807) is 6.07 Å². The highest BCUT2D eigenvalue weighted by Gasteiger charge is 2.61. The van der Waals surface area contributed by atoms with Crippen molar-refractivity contribution in [2.45, 2.75) is 24.2 Å². The van der Waals surface area contributed by atoms with E-state index in [1.165, 1.54) is 16.6 Å². The molecule has 1 fully saturated rings. The van der Waals surface area contributed by atoms with Crippen LogP contribution in [0.1, 0.15) is 5.69 Å². The fourth-order valence-corrected chi connectivity index (χ4v) is 2.95. The van der Waals surface area contributed by atoms with Gasteiger partial charge in [0.25, 0.3) is 0 Å². The summed E-state index contributed by atoms with van der Waals surface area (Å²) in [6.45, 7) is -0.700. The van der Waals surface area contributed by atoms with Crippen LogP contribution < -0.4 is 5.73 Å². The van der Waals surface area contributed by atoms with Gasteiger partial charge in [-0.05, 0) is 12.1 Å². The quantitative estimate of drug-likeness (QED) is 0.704. The highest BCUT2D eigenvalue weighted by Crippen LogP contribution is 2.47. The molecule has 1 aliphatic rings. The molecule has 4 N–H and O–H groups in total. The standard InChI is InChI=1S/C13H13F2N5O3/c14-11(15)9-10(22)7(3-21)23-13(9,4-16)8-2-1-6-12(17)18-5-19-20(6)8/h1-2,5,7,9-11,21-22H,3H2,(H2,17,18,19)/t7-,9-,10?,13+/m1/s1. The van der Waals surface area contributed by atoms with Gasteiger partial charge in [-0.25, -0.2) is 18.3 Å². The molecule has 0 spiro atoms. The predicted molar refractivity (Wildman–Crippen MR) is 72.1 cm³/mol. The Kier molecular flexibility index (Phi) is 3.63. The number of fused-ring (bicyclic) bond motifs is 1. The maximum atomic E-state index is 13.5. The van der Waals surface area contributed by atoms with Gasteiger partial charge in [0.05, 0.1) is 24.3 Å². The number of hydrogen-bond acceptors (Lipinski definition) is 7. The van der Waals surface area contributed by atoms with Crippen molar-refractivity contribution in [1.29, 1.82) is 5.26 Å². The molecule has 2 aromatic heterocycles. The number of aliphatic hydroxyl groups is 2. The average molecular weight is 325 g/mol. The number of anilines is 1. The van der Waals surface area contributed by atoms with E-state index in [1.807, 2.05) is 0 Å². The Morgan fingerprint density at radius 3 is 2.87 bits per heavy atom. The highest BCUT2D eigenvalue weighted by atomic mass is 19.3. The molecule has 0 radical (unpaired) electrons. The van der Waals surface area contributed by atoms with Gasteiger partial charge in [0.2, 0.25) is 12.0 Å². The number of nitrogens with zero attached hydrogens (tertiary/aromatic N) is 4. The first-order valence-electron chi connectivity index (χ1n) is 6.71. The predicted octanol–water partition coefficient (Wildman–Crippen LogP) is -0.336. The molecule has 8 nitrogen and oxygen atoms in total. The SMILES string of the molecule is N#C[C@@]1(c2ccc3c(N)ncnn23)O[C@H](CO)C(O)[C@@H]1C(F)F. The van der Waals surface area contributed by atoms with E-state index in [9.17, 15) is 24.3 Å². The number of ether oxygens (including phenoxy) is 1. The van der Waals surface area contributed by atoms with Gasteiger partial charge in [0.15, 0.2) is 5.82 Å². The van der Waals surface area contributed by atoms with Crippen molar-refractivity contribution in [3.63, 3.8) is 0 Å². The Hall–Kier alpha value is -2.35. The molecular formula is C13H13F2N5O3. The van der Waals surface area contributed by atoms with Crippen LogP contribution in [-0.2, 0) is 10.3 Å². The molecule has 0 bridgehead atoms. The van der Waals surface area contributed by atoms with Crippen molar-refractivity contribution in [2.24, 2.45) is 5.92 Å². The Morgan fingerprint density at radius 2 is 2.26 bits per heavy atom. The molecule has 4 atom stereocenters. The number of alkyl halides is 2. The first-order valence-corrected chi connectivity index (χ1v) is 6.71. The Balaban J connectivity index is 2.24. The molecule has 1 saturated heterocycles. The van der Waals surface area contributed by atoms with E-state index in [0.29, 0.717) is 5.52 Å². The minimum absolute atomic E-state index is 0.00981. The van der Waals surface area contributed by atoms with Crippen molar-refractivity contribution in [3.8, 4) is 6.07 Å². The molecule has 0 saturated carbocycles. The normalized spacial score (nSPS) is 30.9. The zero-order valence-corrected chi connectivity index (χ0v) is 11.7. The summed E-state index contributed by atoms with van der Waals surface area (Å²) in [5.74, 6) is -1.75. The topological polar surface area (TPSA) is 130 Å². The number of halogens is 2. The molecule has 2 aromatic rings. The van der Waals surface area contributed by atoms with E-state index in [-0.39, 0.29) is 11.5 Å². The van der Waals surface area contributed by atoms with Crippen LogP contribution in [0.15, 0.2) is 18.5 Å². The maximum absolute atomic E-state index is 13.5. The van der Waals surface area contributed by atoms with E-state index in [0.717, 1.165) is 6.33 Å². The van der Waals surface area contributed by atoms with Gasteiger partial charge in [-0.2, -0.15) is 10.4 Å². The summed E-state index contributed by atoms with van der Waals surface area (Å²) in [5, 5.41) is 32.7. The number of nitrogens with two attached hydrogens (primary N) is 1. The van der Waals surface area contributed by atoms with Crippen LogP contribution in [0.4, 0.5) is 14.6 Å². The number of nitriles is 1. The zero-order chi connectivity index (χ0) is 16.8. The van der Waals surface area contributed by atoms with Gasteiger partial charge >= 0.3 is 0 Å². The van der Waals surface area contributed by atoms with Gasteiger partial charge < -0.3 is 20.7 Å². The van der Waals surface area contributed by atoms with Crippen molar-refractivity contribution < 1.29 is 23.7 Å². The Labute approximate surface area is 128 Å². The third-order valence-electron chi connectivity index (χ3n) is 4.04. The first-order chi connectivity index (χ1) is 11.0. The molecule has 0 aliphatic carbocycles. The van der Waals surface area contributed by atoms with Gasteiger partial charge in [0, 0.05) is 0 Å². The summed E-state index contributed by atoms with van der Waals surface area (Å²) >= 11 is 0. The number of hydrogen-bond donors (Lipinski definition) is 3. The van der Waals surface area contributed by atoms with Crippen molar-refractivity contribution in [1.82, 2.24) is 14.6 Å². The average Bonchev–Trinajstić information content (AvgIpc) is 3.07. The lowest BCUT2D eigenvalue weighted by Crippen LogP contribution is -2.40. The van der Waals surface area contributed by atoms with E-state index < -0.39 is 36.8 Å². The summed E-state index contributed by atoms with van der Waals surface area (Å²) in [6.07, 6.45) is -4.95. The maximum Gasteiger partial charge on any atom is 0.248 e. The molecule has 10 heteroatoms. The van der Waals surface area contributed by atoms with Gasteiger partial charge in [0.1, 0.15) is 24.0 Å². The summed E-state index contributed by atoms with van der Waals surface area (Å²) in [6, 6.07) is 4.56. The molecule has 3 heterocycles. The van der Waals surface area contributed by atoms with Crippen molar-refractivity contribution in [3.05, 3.63) is 24.2 Å². The van der Waals surface area contributed by atoms with Crippen LogP contribution >= 0.6 is 0 Å². The minimum Gasteiger partial charge on any atom is -0.394 e. The molecule has 122 valence electrons. The molecular weight excluding hydrogens is 312 g/mol. The van der Waals surface area contributed by atoms with Crippen LogP contribution in [0, 0.1) is 17.2 Å². The second kappa shape index (κ2) is 5.38. The minimum atomic E-state index is -3.05. The monoisotopic (exact) mass is 325 g/mol. The largest absolute Gasteiger partial charge is 0.394 e. The second-order valence-electron chi connectivity index (χ2n) is 5.20. The Morgan fingerprint density at radius 1 is 1.52 bits per heavy atom. The second-order valence-corrected chi connectivity index (χ2v) is 5.20. The Bertz CT molecular complexity index is 777. The summed E-state index contributed by atoms with van der Waals surface area (Å²) in [5.41, 5.74) is 3.83. The zero-order valence-electron chi connectivity index (χ0n) is 11.7. The fraction of sp³-hybridized carbons (Fsp3) is 0.462. The van der Waals surface area contributed by atoms with E-state index >= 15 is 0 Å². The molecule has 1 aliphatic heterocycles. The third kappa shape index (κ3) is 2.05. The van der Waals surface area contributed by atoms with Crippen LogP contribution in [0.2, 0.25) is 0 Å². The van der Waals surface area contributed by atoms with E-state index in [4.69, 9.17) is 10.5 Å². The van der Waals surface area contributed by atoms with E-state index in [2.05, 4.69) is 10.1 Å². The highest BCUT2D eigenvalue weighted by molar-refractivity contribution is 5.66.